The van der Waals surface area contributed by atoms with Gasteiger partial charge >= 0.3 is 0 Å². The lowest BCUT2D eigenvalue weighted by Gasteiger charge is -2.11. The Morgan fingerprint density at radius 1 is 0.808 bits per heavy atom. The van der Waals surface area contributed by atoms with Gasteiger partial charge in [-0.3, -0.25) is 0 Å². The Bertz CT molecular complexity index is 1270. The summed E-state index contributed by atoms with van der Waals surface area (Å²) in [7, 11) is 0. The Hall–Kier alpha value is -3.13. The molecule has 0 atom stereocenters. The van der Waals surface area contributed by atoms with Crippen LogP contribution in [0, 0.1) is 13.8 Å². The van der Waals surface area contributed by atoms with E-state index in [0.29, 0.717) is 0 Å². The Kier molecular flexibility index (Phi) is 3.32. The van der Waals surface area contributed by atoms with Gasteiger partial charge < -0.3 is 4.42 Å². The minimum absolute atomic E-state index is 0.832. The summed E-state index contributed by atoms with van der Waals surface area (Å²) in [5.41, 5.74) is 8.80. The van der Waals surface area contributed by atoms with Crippen molar-refractivity contribution in [3.05, 3.63) is 89.0 Å². The van der Waals surface area contributed by atoms with Gasteiger partial charge in [-0.25, -0.2) is 4.98 Å². The number of aryl methyl sites for hydroxylation is 2. The topological polar surface area (TPSA) is 26.0 Å². The fourth-order valence-electron chi connectivity index (χ4n) is 3.90. The summed E-state index contributed by atoms with van der Waals surface area (Å²) in [5, 5.41) is 2.27. The van der Waals surface area contributed by atoms with Crippen LogP contribution in [0.3, 0.4) is 0 Å². The number of rotatable bonds is 2. The molecule has 0 aliphatic rings. The van der Waals surface area contributed by atoms with Gasteiger partial charge in [0.25, 0.3) is 0 Å². The highest BCUT2D eigenvalue weighted by Crippen LogP contribution is 2.36. The molecule has 2 heterocycles. The maximum Gasteiger partial charge on any atom is 0.158 e. The Morgan fingerprint density at radius 3 is 2.42 bits per heavy atom. The minimum Gasteiger partial charge on any atom is -0.454 e. The van der Waals surface area contributed by atoms with Crippen LogP contribution in [-0.2, 0) is 6.42 Å². The highest BCUT2D eigenvalue weighted by atomic mass is 16.3. The number of hydrogen-bond acceptors (Lipinski definition) is 2. The molecule has 0 bridgehead atoms. The lowest BCUT2D eigenvalue weighted by molar-refractivity contribution is 0.664. The van der Waals surface area contributed by atoms with Crippen LogP contribution < -0.4 is 0 Å². The molecule has 0 spiro atoms. The van der Waals surface area contributed by atoms with Crippen molar-refractivity contribution in [2.24, 2.45) is 0 Å². The van der Waals surface area contributed by atoms with Crippen molar-refractivity contribution in [2.75, 3.05) is 0 Å². The Morgan fingerprint density at radius 2 is 1.58 bits per heavy atom. The van der Waals surface area contributed by atoms with Crippen LogP contribution in [-0.4, -0.2) is 4.98 Å². The highest BCUT2D eigenvalue weighted by molar-refractivity contribution is 6.08. The van der Waals surface area contributed by atoms with E-state index in [4.69, 9.17) is 9.40 Å². The molecule has 0 saturated heterocycles. The summed E-state index contributed by atoms with van der Waals surface area (Å²) >= 11 is 0. The molecule has 0 amide bonds. The number of benzene rings is 3. The van der Waals surface area contributed by atoms with Crippen molar-refractivity contribution in [3.8, 4) is 0 Å². The van der Waals surface area contributed by atoms with E-state index in [2.05, 4.69) is 62.4 Å². The molecule has 3 aromatic carbocycles. The first-order valence-electron chi connectivity index (χ1n) is 8.96. The summed E-state index contributed by atoms with van der Waals surface area (Å²) in [6, 6.07) is 23.2. The molecule has 0 fully saturated rings. The molecule has 126 valence electrons. The number of fused-ring (bicyclic) bond motifs is 4. The van der Waals surface area contributed by atoms with E-state index in [1.54, 1.807) is 0 Å². The minimum atomic E-state index is 0.832. The van der Waals surface area contributed by atoms with Gasteiger partial charge in [-0.1, -0.05) is 54.1 Å². The first-order valence-corrected chi connectivity index (χ1v) is 8.96. The predicted molar refractivity (Wildman–Crippen MR) is 108 cm³/mol. The van der Waals surface area contributed by atoms with Crippen LogP contribution in [0.15, 0.2) is 71.1 Å². The number of furan rings is 1. The number of nitrogens with zero attached hydrogens (tertiary/aromatic N) is 1. The van der Waals surface area contributed by atoms with E-state index >= 15 is 0 Å². The smallest absolute Gasteiger partial charge is 0.158 e. The second-order valence-electron chi connectivity index (χ2n) is 7.01. The van der Waals surface area contributed by atoms with Crippen molar-refractivity contribution in [1.82, 2.24) is 4.98 Å². The maximum absolute atomic E-state index is 6.28. The summed E-state index contributed by atoms with van der Waals surface area (Å²) < 4.78 is 6.28. The standard InChI is InChI=1S/C24H19NO/c1-15-12-16(2)22-19(13-15)20(14-17-8-4-3-5-9-17)24-23(25-22)18-10-6-7-11-21(18)26-24/h3-13H,14H2,1-2H3. The lowest BCUT2D eigenvalue weighted by atomic mass is 9.96. The fraction of sp³-hybridized carbons (Fsp3) is 0.125. The van der Waals surface area contributed by atoms with Crippen LogP contribution >= 0.6 is 0 Å². The predicted octanol–water partition coefficient (Wildman–Crippen LogP) is 6.34. The first-order chi connectivity index (χ1) is 12.7. The molecular weight excluding hydrogens is 318 g/mol. The van der Waals surface area contributed by atoms with E-state index in [0.717, 1.165) is 34.0 Å². The molecule has 26 heavy (non-hydrogen) atoms. The molecule has 0 unspecified atom stereocenters. The number of pyridine rings is 1. The zero-order valence-electron chi connectivity index (χ0n) is 14.9. The van der Waals surface area contributed by atoms with Crippen molar-refractivity contribution >= 4 is 33.0 Å². The molecular formula is C24H19NO. The Labute approximate surface area is 152 Å². The quantitative estimate of drug-likeness (QED) is 0.375. The average Bonchev–Trinajstić information content (AvgIpc) is 3.02. The van der Waals surface area contributed by atoms with Gasteiger partial charge in [-0.2, -0.15) is 0 Å². The summed E-state index contributed by atoms with van der Waals surface area (Å²) in [4.78, 5) is 5.02. The molecule has 0 aliphatic heterocycles. The lowest BCUT2D eigenvalue weighted by Crippen LogP contribution is -1.95. The van der Waals surface area contributed by atoms with E-state index in [1.807, 2.05) is 18.2 Å². The average molecular weight is 337 g/mol. The molecule has 0 aliphatic carbocycles. The van der Waals surface area contributed by atoms with Crippen molar-refractivity contribution in [3.63, 3.8) is 0 Å². The third-order valence-electron chi connectivity index (χ3n) is 5.06. The molecule has 2 aromatic heterocycles. The van der Waals surface area contributed by atoms with E-state index in [1.165, 1.54) is 27.6 Å². The van der Waals surface area contributed by atoms with Crippen LogP contribution in [0.2, 0.25) is 0 Å². The highest BCUT2D eigenvalue weighted by Gasteiger charge is 2.17. The SMILES string of the molecule is Cc1cc(C)c2nc3c(oc4ccccc43)c(Cc3ccccc3)c2c1. The third kappa shape index (κ3) is 2.30. The van der Waals surface area contributed by atoms with Gasteiger partial charge in [0.05, 0.1) is 5.52 Å². The molecule has 5 rings (SSSR count). The summed E-state index contributed by atoms with van der Waals surface area (Å²) in [6.07, 6.45) is 0.832. The number of para-hydroxylation sites is 1. The molecule has 5 aromatic rings. The molecule has 0 saturated carbocycles. The summed E-state index contributed by atoms with van der Waals surface area (Å²) in [6.45, 7) is 4.28. The van der Waals surface area contributed by atoms with Crippen molar-refractivity contribution in [2.45, 2.75) is 20.3 Å². The molecule has 0 N–H and O–H groups in total. The largest absolute Gasteiger partial charge is 0.454 e. The monoisotopic (exact) mass is 337 g/mol. The van der Waals surface area contributed by atoms with Gasteiger partial charge in [0.2, 0.25) is 0 Å². The molecule has 0 radical (unpaired) electrons. The summed E-state index contributed by atoms with van der Waals surface area (Å²) in [5.74, 6) is 0. The van der Waals surface area contributed by atoms with Gasteiger partial charge in [-0.15, -0.1) is 0 Å². The Balaban J connectivity index is 1.93. The first kappa shape index (κ1) is 15.2. The van der Waals surface area contributed by atoms with Crippen LogP contribution in [0.1, 0.15) is 22.3 Å². The van der Waals surface area contributed by atoms with E-state index in [9.17, 15) is 0 Å². The van der Waals surface area contributed by atoms with Crippen LogP contribution in [0.4, 0.5) is 0 Å². The van der Waals surface area contributed by atoms with Crippen molar-refractivity contribution in [1.29, 1.82) is 0 Å². The van der Waals surface area contributed by atoms with Gasteiger partial charge in [0.15, 0.2) is 5.58 Å². The number of aromatic nitrogens is 1. The fourth-order valence-corrected chi connectivity index (χ4v) is 3.90. The van der Waals surface area contributed by atoms with Crippen LogP contribution in [0.25, 0.3) is 33.0 Å². The second kappa shape index (κ2) is 5.70. The normalized spacial score (nSPS) is 11.6. The van der Waals surface area contributed by atoms with E-state index in [-0.39, 0.29) is 0 Å². The second-order valence-corrected chi connectivity index (χ2v) is 7.01. The van der Waals surface area contributed by atoms with Gasteiger partial charge in [-0.05, 0) is 43.2 Å². The van der Waals surface area contributed by atoms with Gasteiger partial charge in [0.1, 0.15) is 11.1 Å². The number of hydrogen-bond donors (Lipinski definition) is 0. The zero-order chi connectivity index (χ0) is 17.7. The van der Waals surface area contributed by atoms with Crippen LogP contribution in [0.5, 0.6) is 0 Å². The van der Waals surface area contributed by atoms with E-state index < -0.39 is 0 Å². The van der Waals surface area contributed by atoms with Crippen molar-refractivity contribution < 1.29 is 4.42 Å². The van der Waals surface area contributed by atoms with Gasteiger partial charge in [0, 0.05) is 22.8 Å². The third-order valence-corrected chi connectivity index (χ3v) is 5.06. The zero-order valence-corrected chi connectivity index (χ0v) is 14.9. The molecule has 2 nitrogen and oxygen atoms in total. The molecule has 2 heteroatoms. The maximum atomic E-state index is 6.28.